The van der Waals surface area contributed by atoms with Crippen LogP contribution in [0.25, 0.3) is 0 Å². The number of hydrogen-bond donors (Lipinski definition) is 1. The lowest BCUT2D eigenvalue weighted by atomic mass is 9.57. The summed E-state index contributed by atoms with van der Waals surface area (Å²) in [4.78, 5) is 24.9. The van der Waals surface area contributed by atoms with Gasteiger partial charge in [0, 0.05) is 16.0 Å². The highest BCUT2D eigenvalue weighted by Gasteiger charge is 2.56. The third kappa shape index (κ3) is 2.62. The summed E-state index contributed by atoms with van der Waals surface area (Å²) in [6.45, 7) is 0. The van der Waals surface area contributed by atoms with Gasteiger partial charge >= 0.3 is 0 Å². The average molecular weight is 351 g/mol. The molecule has 1 aliphatic heterocycles. The van der Waals surface area contributed by atoms with Crippen LogP contribution in [0.15, 0.2) is 18.2 Å². The monoisotopic (exact) mass is 350 g/mol. The Bertz CT molecular complexity index is 705. The van der Waals surface area contributed by atoms with Crippen molar-refractivity contribution in [2.75, 3.05) is 0 Å². The fourth-order valence-electron chi connectivity index (χ4n) is 4.01. The maximum atomic E-state index is 12.7. The number of amides is 2. The van der Waals surface area contributed by atoms with Crippen molar-refractivity contribution in [3.8, 4) is 6.07 Å². The third-order valence-electron chi connectivity index (χ3n) is 5.08. The summed E-state index contributed by atoms with van der Waals surface area (Å²) in [5, 5.41) is 12.8. The molecule has 120 valence electrons. The molecule has 0 radical (unpaired) electrons. The van der Waals surface area contributed by atoms with E-state index in [1.54, 1.807) is 18.2 Å². The van der Waals surface area contributed by atoms with Crippen molar-refractivity contribution >= 4 is 35.0 Å². The molecule has 2 atom stereocenters. The zero-order valence-electron chi connectivity index (χ0n) is 12.4. The molecule has 1 aliphatic carbocycles. The molecule has 1 heterocycles. The molecule has 2 aliphatic rings. The Morgan fingerprint density at radius 2 is 1.87 bits per heavy atom. The van der Waals surface area contributed by atoms with Crippen molar-refractivity contribution in [1.82, 2.24) is 5.32 Å². The van der Waals surface area contributed by atoms with Gasteiger partial charge in [-0.1, -0.05) is 48.5 Å². The SMILES string of the molecule is N#CC1C(=O)NC(=O)C2(CCCCC2)C1c1ccc(Cl)cc1Cl. The minimum Gasteiger partial charge on any atom is -0.295 e. The Labute approximate surface area is 144 Å². The molecular weight excluding hydrogens is 335 g/mol. The van der Waals surface area contributed by atoms with Gasteiger partial charge in [-0.2, -0.15) is 5.26 Å². The fourth-order valence-corrected chi connectivity index (χ4v) is 4.54. The van der Waals surface area contributed by atoms with Crippen molar-refractivity contribution in [3.05, 3.63) is 33.8 Å². The quantitative estimate of drug-likeness (QED) is 0.782. The summed E-state index contributed by atoms with van der Waals surface area (Å²) < 4.78 is 0. The smallest absolute Gasteiger partial charge is 0.244 e. The molecule has 2 fully saturated rings. The minimum absolute atomic E-state index is 0.273. The number of nitrogens with zero attached hydrogens (tertiary/aromatic N) is 1. The van der Waals surface area contributed by atoms with Crippen LogP contribution in [-0.2, 0) is 9.59 Å². The minimum atomic E-state index is -0.926. The lowest BCUT2D eigenvalue weighted by Crippen LogP contribution is -2.57. The van der Waals surface area contributed by atoms with Gasteiger partial charge in [-0.25, -0.2) is 0 Å². The second kappa shape index (κ2) is 6.14. The predicted octanol–water partition coefficient (Wildman–Crippen LogP) is 3.82. The van der Waals surface area contributed by atoms with Gasteiger partial charge in [0.05, 0.1) is 11.5 Å². The van der Waals surface area contributed by atoms with Crippen molar-refractivity contribution in [1.29, 1.82) is 5.26 Å². The lowest BCUT2D eigenvalue weighted by molar-refractivity contribution is -0.148. The molecule has 1 aromatic carbocycles. The van der Waals surface area contributed by atoms with Crippen molar-refractivity contribution in [3.63, 3.8) is 0 Å². The first kappa shape index (κ1) is 16.3. The van der Waals surface area contributed by atoms with Gasteiger partial charge in [-0.3, -0.25) is 14.9 Å². The van der Waals surface area contributed by atoms with E-state index >= 15 is 0 Å². The molecule has 6 heteroatoms. The second-order valence-electron chi connectivity index (χ2n) is 6.29. The summed E-state index contributed by atoms with van der Waals surface area (Å²) in [7, 11) is 0. The summed E-state index contributed by atoms with van der Waals surface area (Å²) in [5.74, 6) is -2.27. The number of imide groups is 1. The van der Waals surface area contributed by atoms with E-state index in [0.29, 0.717) is 28.5 Å². The highest BCUT2D eigenvalue weighted by atomic mass is 35.5. The van der Waals surface area contributed by atoms with E-state index in [4.69, 9.17) is 23.2 Å². The van der Waals surface area contributed by atoms with Crippen LogP contribution >= 0.6 is 23.2 Å². The van der Waals surface area contributed by atoms with Crippen molar-refractivity contribution < 1.29 is 9.59 Å². The van der Waals surface area contributed by atoms with Gasteiger partial charge in [0.25, 0.3) is 0 Å². The van der Waals surface area contributed by atoms with Crippen LogP contribution in [0.2, 0.25) is 10.0 Å². The third-order valence-corrected chi connectivity index (χ3v) is 5.64. The maximum absolute atomic E-state index is 12.7. The van der Waals surface area contributed by atoms with Gasteiger partial charge in [0.1, 0.15) is 5.92 Å². The first-order valence-corrected chi connectivity index (χ1v) is 8.45. The first-order valence-electron chi connectivity index (χ1n) is 7.69. The Balaban J connectivity index is 2.17. The molecule has 3 rings (SSSR count). The number of hydrogen-bond acceptors (Lipinski definition) is 3. The number of carbonyl (C=O) groups is 2. The molecule has 2 amide bonds. The molecule has 2 unspecified atom stereocenters. The van der Waals surface area contributed by atoms with E-state index < -0.39 is 23.2 Å². The molecule has 0 aromatic heterocycles. The number of nitrogens with one attached hydrogen (secondary N) is 1. The molecule has 4 nitrogen and oxygen atoms in total. The van der Waals surface area contributed by atoms with E-state index in [9.17, 15) is 14.9 Å². The maximum Gasteiger partial charge on any atom is 0.244 e. The zero-order chi connectivity index (χ0) is 16.6. The van der Waals surface area contributed by atoms with Crippen molar-refractivity contribution in [2.45, 2.75) is 38.0 Å². The topological polar surface area (TPSA) is 70.0 Å². The standard InChI is InChI=1S/C17H16Cl2N2O2/c18-10-4-5-11(13(19)8-10)14-12(9-20)15(22)21-16(23)17(14)6-2-1-3-7-17/h4-5,8,12,14H,1-3,6-7H2,(H,21,22,23). The van der Waals surface area contributed by atoms with Crippen LogP contribution in [-0.4, -0.2) is 11.8 Å². The molecule has 0 bridgehead atoms. The summed E-state index contributed by atoms with van der Waals surface area (Å²) in [5.41, 5.74) is -0.0861. The number of rotatable bonds is 1. The highest BCUT2D eigenvalue weighted by Crippen LogP contribution is 2.54. The van der Waals surface area contributed by atoms with Crippen LogP contribution in [0.5, 0.6) is 0 Å². The lowest BCUT2D eigenvalue weighted by Gasteiger charge is -2.46. The molecule has 1 spiro atoms. The van der Waals surface area contributed by atoms with Crippen LogP contribution in [0, 0.1) is 22.7 Å². The van der Waals surface area contributed by atoms with Crippen LogP contribution < -0.4 is 5.32 Å². The summed E-state index contributed by atoms with van der Waals surface area (Å²) >= 11 is 12.3. The summed E-state index contributed by atoms with van der Waals surface area (Å²) in [6.07, 6.45) is 4.19. The molecule has 23 heavy (non-hydrogen) atoms. The molecular formula is C17H16Cl2N2O2. The van der Waals surface area contributed by atoms with Gasteiger partial charge in [-0.05, 0) is 30.5 Å². The van der Waals surface area contributed by atoms with Gasteiger partial charge in [-0.15, -0.1) is 0 Å². The van der Waals surface area contributed by atoms with Gasteiger partial charge < -0.3 is 0 Å². The second-order valence-corrected chi connectivity index (χ2v) is 7.13. The Morgan fingerprint density at radius 3 is 2.48 bits per heavy atom. The Hall–Kier alpha value is -1.57. The van der Waals surface area contributed by atoms with E-state index in [2.05, 4.69) is 11.4 Å². The predicted molar refractivity (Wildman–Crippen MR) is 87.0 cm³/mol. The van der Waals surface area contributed by atoms with E-state index in [0.717, 1.165) is 19.3 Å². The normalized spacial score (nSPS) is 26.7. The van der Waals surface area contributed by atoms with Gasteiger partial charge in [0.2, 0.25) is 11.8 Å². The number of nitriles is 1. The highest BCUT2D eigenvalue weighted by molar-refractivity contribution is 6.35. The molecule has 1 saturated heterocycles. The largest absolute Gasteiger partial charge is 0.295 e. The number of carbonyl (C=O) groups excluding carboxylic acids is 2. The molecule has 1 saturated carbocycles. The van der Waals surface area contributed by atoms with E-state index in [-0.39, 0.29) is 5.91 Å². The number of halogens is 2. The Morgan fingerprint density at radius 1 is 1.17 bits per heavy atom. The van der Waals surface area contributed by atoms with E-state index in [1.165, 1.54) is 0 Å². The van der Waals surface area contributed by atoms with Crippen LogP contribution in [0.3, 0.4) is 0 Å². The van der Waals surface area contributed by atoms with Gasteiger partial charge in [0.15, 0.2) is 0 Å². The first-order chi connectivity index (χ1) is 11.0. The molecule has 1 aromatic rings. The summed E-state index contributed by atoms with van der Waals surface area (Å²) in [6, 6.07) is 7.10. The fraction of sp³-hybridized carbons (Fsp3) is 0.471. The Kier molecular flexibility index (Phi) is 4.35. The zero-order valence-corrected chi connectivity index (χ0v) is 14.0. The average Bonchev–Trinajstić information content (AvgIpc) is 2.53. The van der Waals surface area contributed by atoms with Crippen molar-refractivity contribution in [2.24, 2.45) is 11.3 Å². The molecule has 1 N–H and O–H groups in total. The van der Waals surface area contributed by atoms with Crippen LogP contribution in [0.4, 0.5) is 0 Å². The number of benzene rings is 1. The van der Waals surface area contributed by atoms with Crippen LogP contribution in [0.1, 0.15) is 43.6 Å². The van der Waals surface area contributed by atoms with E-state index in [1.807, 2.05) is 0 Å². The number of piperidine rings is 1.